The molecule has 1 saturated carbocycles. The molecule has 0 aromatic heterocycles. The van der Waals surface area contributed by atoms with Crippen LogP contribution in [0, 0.1) is 5.92 Å². The van der Waals surface area contributed by atoms with Crippen LogP contribution in [0.15, 0.2) is 0 Å². The molecule has 2 heterocycles. The molecule has 2 N–H and O–H groups in total. The molecule has 0 bridgehead atoms. The van der Waals surface area contributed by atoms with Crippen molar-refractivity contribution >= 4 is 11.8 Å². The topological polar surface area (TPSA) is 32.5 Å². The Hall–Kier alpha value is 0.230. The third kappa shape index (κ3) is 2.65. The molecule has 3 rings (SSSR count). The van der Waals surface area contributed by atoms with Gasteiger partial charge in [0, 0.05) is 50.6 Å². The molecule has 17 heavy (non-hydrogen) atoms. The summed E-state index contributed by atoms with van der Waals surface area (Å²) in [6.07, 6.45) is 4.25. The van der Waals surface area contributed by atoms with Crippen LogP contribution in [0.5, 0.6) is 0 Å². The van der Waals surface area contributed by atoms with Crippen LogP contribution in [0.2, 0.25) is 0 Å². The Morgan fingerprint density at radius 2 is 1.94 bits per heavy atom. The van der Waals surface area contributed by atoms with Gasteiger partial charge in [-0.25, -0.2) is 0 Å². The molecule has 0 radical (unpaired) electrons. The number of hydrogen-bond donors (Lipinski definition) is 1. The van der Waals surface area contributed by atoms with E-state index in [2.05, 4.69) is 21.6 Å². The van der Waals surface area contributed by atoms with E-state index < -0.39 is 0 Å². The Bertz CT molecular complexity index is 253. The van der Waals surface area contributed by atoms with Gasteiger partial charge in [-0.05, 0) is 30.9 Å². The highest BCUT2D eigenvalue weighted by Gasteiger charge is 2.40. The van der Waals surface area contributed by atoms with E-state index in [0.717, 1.165) is 12.5 Å². The molecule has 2 saturated heterocycles. The van der Waals surface area contributed by atoms with Crippen molar-refractivity contribution in [1.82, 2.24) is 9.80 Å². The zero-order chi connectivity index (χ0) is 11.7. The molecular weight excluding hydrogens is 230 g/mol. The maximum Gasteiger partial charge on any atom is 0.0430 e. The summed E-state index contributed by atoms with van der Waals surface area (Å²) in [7, 11) is 0. The normalized spacial score (nSPS) is 36.5. The average Bonchev–Trinajstić information content (AvgIpc) is 3.05. The smallest absolute Gasteiger partial charge is 0.0430 e. The van der Waals surface area contributed by atoms with Gasteiger partial charge in [-0.2, -0.15) is 11.8 Å². The molecule has 3 nitrogen and oxygen atoms in total. The first kappa shape index (κ1) is 12.3. The monoisotopic (exact) mass is 255 g/mol. The fourth-order valence-corrected chi connectivity index (χ4v) is 4.70. The lowest BCUT2D eigenvalue weighted by atomic mass is 9.95. The molecule has 1 atom stereocenters. The molecule has 1 unspecified atom stereocenters. The van der Waals surface area contributed by atoms with Crippen LogP contribution >= 0.6 is 11.8 Å². The van der Waals surface area contributed by atoms with Crippen molar-refractivity contribution in [1.29, 1.82) is 0 Å². The summed E-state index contributed by atoms with van der Waals surface area (Å²) < 4.78 is 0. The van der Waals surface area contributed by atoms with Crippen LogP contribution < -0.4 is 5.73 Å². The summed E-state index contributed by atoms with van der Waals surface area (Å²) in [6, 6.07) is 0. The highest BCUT2D eigenvalue weighted by Crippen LogP contribution is 2.34. The van der Waals surface area contributed by atoms with Gasteiger partial charge in [-0.3, -0.25) is 4.90 Å². The van der Waals surface area contributed by atoms with Gasteiger partial charge in [0.05, 0.1) is 0 Å². The lowest BCUT2D eigenvalue weighted by Crippen LogP contribution is -2.60. The Morgan fingerprint density at radius 1 is 1.18 bits per heavy atom. The van der Waals surface area contributed by atoms with E-state index in [-0.39, 0.29) is 0 Å². The molecule has 0 spiro atoms. The van der Waals surface area contributed by atoms with Crippen molar-refractivity contribution in [2.24, 2.45) is 11.7 Å². The molecule has 3 aliphatic rings. The number of nitrogens with two attached hydrogens (primary N) is 1. The molecular formula is C13H25N3S. The van der Waals surface area contributed by atoms with Crippen molar-refractivity contribution in [2.45, 2.75) is 24.8 Å². The number of nitrogens with zero attached hydrogens (tertiary/aromatic N) is 2. The first-order valence-electron chi connectivity index (χ1n) is 7.08. The summed E-state index contributed by atoms with van der Waals surface area (Å²) in [5.74, 6) is 3.60. The minimum absolute atomic E-state index is 0.344. The van der Waals surface area contributed by atoms with Gasteiger partial charge in [-0.1, -0.05) is 0 Å². The maximum atomic E-state index is 6.06. The Morgan fingerprint density at radius 3 is 2.47 bits per heavy atom. The van der Waals surface area contributed by atoms with Crippen molar-refractivity contribution in [2.75, 3.05) is 50.8 Å². The Kier molecular flexibility index (Phi) is 3.67. The minimum atomic E-state index is 0.344. The first-order valence-corrected chi connectivity index (χ1v) is 8.23. The summed E-state index contributed by atoms with van der Waals surface area (Å²) in [5.41, 5.74) is 6.40. The summed E-state index contributed by atoms with van der Waals surface area (Å²) >= 11 is 2.09. The third-order valence-corrected chi connectivity index (χ3v) is 5.95. The van der Waals surface area contributed by atoms with E-state index in [0.29, 0.717) is 5.54 Å². The molecule has 2 aliphatic heterocycles. The standard InChI is InChI=1S/C13H25N3S/c14-10-13(3-8-17-11-13)16-6-4-15(5-7-16)9-12-1-2-12/h12H,1-11,14H2. The van der Waals surface area contributed by atoms with Gasteiger partial charge in [-0.15, -0.1) is 0 Å². The van der Waals surface area contributed by atoms with E-state index in [1.807, 2.05) is 0 Å². The summed E-state index contributed by atoms with van der Waals surface area (Å²) in [5, 5.41) is 0. The van der Waals surface area contributed by atoms with Crippen molar-refractivity contribution in [3.63, 3.8) is 0 Å². The first-order chi connectivity index (χ1) is 8.32. The largest absolute Gasteiger partial charge is 0.329 e. The van der Waals surface area contributed by atoms with Crippen LogP contribution in [0.25, 0.3) is 0 Å². The van der Waals surface area contributed by atoms with E-state index in [1.54, 1.807) is 0 Å². The zero-order valence-electron chi connectivity index (χ0n) is 10.7. The highest BCUT2D eigenvalue weighted by molar-refractivity contribution is 7.99. The fraction of sp³-hybridized carbons (Fsp3) is 1.00. The van der Waals surface area contributed by atoms with Gasteiger partial charge < -0.3 is 10.6 Å². The second-order valence-corrected chi connectivity index (χ2v) is 7.07. The second kappa shape index (κ2) is 5.08. The van der Waals surface area contributed by atoms with E-state index in [9.17, 15) is 0 Å². The number of hydrogen-bond acceptors (Lipinski definition) is 4. The molecule has 4 heteroatoms. The molecule has 0 aromatic rings. The van der Waals surface area contributed by atoms with Crippen LogP contribution in [-0.2, 0) is 0 Å². The van der Waals surface area contributed by atoms with Crippen LogP contribution in [0.4, 0.5) is 0 Å². The average molecular weight is 255 g/mol. The third-order valence-electron chi connectivity index (χ3n) is 4.72. The summed E-state index contributed by atoms with van der Waals surface area (Å²) in [6.45, 7) is 7.22. The molecule has 1 aliphatic carbocycles. The maximum absolute atomic E-state index is 6.06. The molecule has 0 aromatic carbocycles. The number of piperazine rings is 1. The Labute approximate surface area is 109 Å². The van der Waals surface area contributed by atoms with Crippen LogP contribution in [0.1, 0.15) is 19.3 Å². The SMILES string of the molecule is NCC1(N2CCN(CC3CC3)CC2)CCSC1. The zero-order valence-corrected chi connectivity index (χ0v) is 11.6. The van der Waals surface area contributed by atoms with Crippen molar-refractivity contribution in [3.8, 4) is 0 Å². The van der Waals surface area contributed by atoms with Gasteiger partial charge in [0.2, 0.25) is 0 Å². The second-order valence-electron chi connectivity index (χ2n) is 5.96. The van der Waals surface area contributed by atoms with Gasteiger partial charge in [0.15, 0.2) is 0 Å². The van der Waals surface area contributed by atoms with Crippen LogP contribution in [0.3, 0.4) is 0 Å². The van der Waals surface area contributed by atoms with Gasteiger partial charge in [0.1, 0.15) is 0 Å². The van der Waals surface area contributed by atoms with E-state index in [4.69, 9.17) is 5.73 Å². The lowest BCUT2D eigenvalue weighted by Gasteiger charge is -2.45. The Balaban J connectivity index is 1.52. The van der Waals surface area contributed by atoms with Crippen molar-refractivity contribution < 1.29 is 0 Å². The molecule has 98 valence electrons. The van der Waals surface area contributed by atoms with E-state index >= 15 is 0 Å². The van der Waals surface area contributed by atoms with Crippen molar-refractivity contribution in [3.05, 3.63) is 0 Å². The van der Waals surface area contributed by atoms with Gasteiger partial charge >= 0.3 is 0 Å². The number of rotatable bonds is 4. The van der Waals surface area contributed by atoms with Gasteiger partial charge in [0.25, 0.3) is 0 Å². The fourth-order valence-electron chi connectivity index (χ4n) is 3.21. The number of thioether (sulfide) groups is 1. The molecule has 0 amide bonds. The van der Waals surface area contributed by atoms with Crippen LogP contribution in [-0.4, -0.2) is 66.1 Å². The molecule has 3 fully saturated rings. The predicted molar refractivity (Wildman–Crippen MR) is 74.5 cm³/mol. The quantitative estimate of drug-likeness (QED) is 0.807. The van der Waals surface area contributed by atoms with E-state index in [1.165, 1.54) is 63.5 Å². The highest BCUT2D eigenvalue weighted by atomic mass is 32.2. The summed E-state index contributed by atoms with van der Waals surface area (Å²) in [4.78, 5) is 5.36. The lowest BCUT2D eigenvalue weighted by molar-refractivity contribution is 0.0490. The minimum Gasteiger partial charge on any atom is -0.329 e. The predicted octanol–water partition coefficient (Wildman–Crippen LogP) is 0.848.